The van der Waals surface area contributed by atoms with Gasteiger partial charge in [0.2, 0.25) is 0 Å². The number of aryl methyl sites for hydroxylation is 1. The molecule has 0 spiro atoms. The Kier molecular flexibility index (Phi) is 5.60. The number of pyridine rings is 1. The highest BCUT2D eigenvalue weighted by Crippen LogP contribution is 2.15. The number of aromatic nitrogens is 1. The average molecular weight is 373 g/mol. The molecule has 1 heterocycles. The molecule has 0 aliphatic rings. The molecule has 2 amide bonds. The lowest BCUT2D eigenvalue weighted by atomic mass is 10.1. The number of ketones is 1. The number of hydrogen-bond acceptors (Lipinski definition) is 4. The van der Waals surface area contributed by atoms with Crippen LogP contribution in [0.3, 0.4) is 0 Å². The normalized spacial score (nSPS) is 10.2. The van der Waals surface area contributed by atoms with Crippen LogP contribution < -0.4 is 10.6 Å². The first-order chi connectivity index (χ1) is 13.4. The summed E-state index contributed by atoms with van der Waals surface area (Å²) in [7, 11) is 0. The third kappa shape index (κ3) is 4.48. The number of nitrogens with zero attached hydrogens (tertiary/aromatic N) is 1. The third-order valence-electron chi connectivity index (χ3n) is 4.16. The zero-order valence-corrected chi connectivity index (χ0v) is 15.5. The first-order valence-electron chi connectivity index (χ1n) is 8.70. The van der Waals surface area contributed by atoms with E-state index in [0.717, 1.165) is 5.56 Å². The summed E-state index contributed by atoms with van der Waals surface area (Å²) in [5, 5.41) is 5.50. The smallest absolute Gasteiger partial charge is 0.274 e. The predicted molar refractivity (Wildman–Crippen MR) is 108 cm³/mol. The summed E-state index contributed by atoms with van der Waals surface area (Å²) in [6.45, 7) is 3.37. The zero-order chi connectivity index (χ0) is 20.1. The van der Waals surface area contributed by atoms with Crippen LogP contribution in [0, 0.1) is 6.92 Å². The summed E-state index contributed by atoms with van der Waals surface area (Å²) in [4.78, 5) is 40.4. The molecule has 0 fully saturated rings. The maximum atomic E-state index is 12.5. The number of para-hydroxylation sites is 1. The van der Waals surface area contributed by atoms with Crippen molar-refractivity contribution in [3.8, 4) is 0 Å². The molecule has 0 atom stereocenters. The first kappa shape index (κ1) is 19.0. The second kappa shape index (κ2) is 8.26. The summed E-state index contributed by atoms with van der Waals surface area (Å²) in [6, 6.07) is 18.7. The molecule has 2 N–H and O–H groups in total. The lowest BCUT2D eigenvalue weighted by molar-refractivity contribution is 0.100. The van der Waals surface area contributed by atoms with E-state index in [1.165, 1.54) is 13.0 Å². The molecule has 0 aliphatic carbocycles. The third-order valence-corrected chi connectivity index (χ3v) is 4.16. The number of hydrogen-bond donors (Lipinski definition) is 2. The van der Waals surface area contributed by atoms with Crippen molar-refractivity contribution in [3.63, 3.8) is 0 Å². The van der Waals surface area contributed by atoms with Crippen molar-refractivity contribution in [2.75, 3.05) is 10.6 Å². The molecule has 3 rings (SSSR count). The number of carbonyl (C=O) groups excluding carboxylic acids is 3. The van der Waals surface area contributed by atoms with Gasteiger partial charge in [-0.05, 0) is 61.9 Å². The SMILES string of the molecule is CC(=O)c1ccc(NC(=O)c2cccc(C(=O)Nc3ccccc3C)n2)cc1. The van der Waals surface area contributed by atoms with Gasteiger partial charge in [0.15, 0.2) is 5.78 Å². The lowest BCUT2D eigenvalue weighted by Gasteiger charge is -2.09. The first-order valence-corrected chi connectivity index (χ1v) is 8.70. The molecule has 6 nitrogen and oxygen atoms in total. The lowest BCUT2D eigenvalue weighted by Crippen LogP contribution is -2.18. The van der Waals surface area contributed by atoms with E-state index in [4.69, 9.17) is 0 Å². The van der Waals surface area contributed by atoms with Crippen LogP contribution in [-0.4, -0.2) is 22.6 Å². The van der Waals surface area contributed by atoms with Crippen molar-refractivity contribution >= 4 is 29.0 Å². The van der Waals surface area contributed by atoms with Gasteiger partial charge in [-0.2, -0.15) is 0 Å². The number of rotatable bonds is 5. The summed E-state index contributed by atoms with van der Waals surface area (Å²) in [5.74, 6) is -0.886. The van der Waals surface area contributed by atoms with Crippen LogP contribution >= 0.6 is 0 Å². The molecule has 1 aromatic heterocycles. The highest BCUT2D eigenvalue weighted by atomic mass is 16.2. The average Bonchev–Trinajstić information content (AvgIpc) is 2.70. The largest absolute Gasteiger partial charge is 0.321 e. The van der Waals surface area contributed by atoms with E-state index >= 15 is 0 Å². The fourth-order valence-corrected chi connectivity index (χ4v) is 2.57. The zero-order valence-electron chi connectivity index (χ0n) is 15.5. The Bertz CT molecular complexity index is 1040. The summed E-state index contributed by atoms with van der Waals surface area (Å²) in [5.41, 5.74) is 2.97. The second-order valence-electron chi connectivity index (χ2n) is 6.26. The van der Waals surface area contributed by atoms with Gasteiger partial charge >= 0.3 is 0 Å². The van der Waals surface area contributed by atoms with Crippen molar-refractivity contribution in [3.05, 3.63) is 89.2 Å². The highest BCUT2D eigenvalue weighted by molar-refractivity contribution is 6.06. The maximum absolute atomic E-state index is 12.5. The Morgan fingerprint density at radius 3 is 1.96 bits per heavy atom. The summed E-state index contributed by atoms with van der Waals surface area (Å²) >= 11 is 0. The molecule has 0 aliphatic heterocycles. The monoisotopic (exact) mass is 373 g/mol. The number of Topliss-reactive ketones (excluding diaryl/α,β-unsaturated/α-hetero) is 1. The van der Waals surface area contributed by atoms with Crippen LogP contribution in [0.25, 0.3) is 0 Å². The van der Waals surface area contributed by atoms with E-state index in [-0.39, 0.29) is 17.2 Å². The Balaban J connectivity index is 1.73. The Hall–Kier alpha value is -3.80. The maximum Gasteiger partial charge on any atom is 0.274 e. The van der Waals surface area contributed by atoms with E-state index in [1.54, 1.807) is 42.5 Å². The van der Waals surface area contributed by atoms with E-state index < -0.39 is 11.8 Å². The van der Waals surface area contributed by atoms with Crippen LogP contribution in [0.1, 0.15) is 43.8 Å². The second-order valence-corrected chi connectivity index (χ2v) is 6.26. The number of anilines is 2. The fraction of sp³-hybridized carbons (Fsp3) is 0.0909. The fourth-order valence-electron chi connectivity index (χ4n) is 2.57. The van der Waals surface area contributed by atoms with Gasteiger partial charge in [0.05, 0.1) is 0 Å². The van der Waals surface area contributed by atoms with Crippen LogP contribution in [-0.2, 0) is 0 Å². The van der Waals surface area contributed by atoms with Gasteiger partial charge < -0.3 is 10.6 Å². The Morgan fingerprint density at radius 1 is 0.750 bits per heavy atom. The van der Waals surface area contributed by atoms with Gasteiger partial charge in [-0.25, -0.2) is 4.98 Å². The van der Waals surface area contributed by atoms with Crippen molar-refractivity contribution in [1.29, 1.82) is 0 Å². The molecule has 28 heavy (non-hydrogen) atoms. The van der Waals surface area contributed by atoms with Crippen molar-refractivity contribution in [2.45, 2.75) is 13.8 Å². The van der Waals surface area contributed by atoms with Gasteiger partial charge in [-0.1, -0.05) is 24.3 Å². The van der Waals surface area contributed by atoms with Crippen LogP contribution in [0.2, 0.25) is 0 Å². The molecular weight excluding hydrogens is 354 g/mol. The van der Waals surface area contributed by atoms with E-state index in [0.29, 0.717) is 16.9 Å². The molecule has 0 saturated heterocycles. The molecular formula is C22H19N3O3. The minimum Gasteiger partial charge on any atom is -0.321 e. The van der Waals surface area contributed by atoms with Crippen molar-refractivity contribution in [1.82, 2.24) is 4.98 Å². The van der Waals surface area contributed by atoms with Crippen LogP contribution in [0.5, 0.6) is 0 Å². The van der Waals surface area contributed by atoms with Gasteiger partial charge in [0.1, 0.15) is 11.4 Å². The minimum atomic E-state index is -0.443. The molecule has 6 heteroatoms. The number of carbonyl (C=O) groups is 3. The molecule has 140 valence electrons. The standard InChI is InChI=1S/C22H19N3O3/c1-14-6-3-4-7-18(14)25-22(28)20-9-5-8-19(24-20)21(27)23-17-12-10-16(11-13-17)15(2)26/h3-13H,1-2H3,(H,23,27)(H,25,28). The number of benzene rings is 2. The highest BCUT2D eigenvalue weighted by Gasteiger charge is 2.13. The van der Waals surface area contributed by atoms with Gasteiger partial charge in [-0.15, -0.1) is 0 Å². The van der Waals surface area contributed by atoms with Crippen LogP contribution in [0.4, 0.5) is 11.4 Å². The summed E-state index contributed by atoms with van der Waals surface area (Å²) < 4.78 is 0. The molecule has 2 aromatic carbocycles. The van der Waals surface area contributed by atoms with E-state index in [1.807, 2.05) is 25.1 Å². The Morgan fingerprint density at radius 2 is 1.36 bits per heavy atom. The molecule has 0 bridgehead atoms. The van der Waals surface area contributed by atoms with Crippen molar-refractivity contribution < 1.29 is 14.4 Å². The molecule has 0 unspecified atom stereocenters. The predicted octanol–water partition coefficient (Wildman–Crippen LogP) is 4.10. The summed E-state index contributed by atoms with van der Waals surface area (Å²) in [6.07, 6.45) is 0. The van der Waals surface area contributed by atoms with E-state index in [2.05, 4.69) is 15.6 Å². The Labute approximate surface area is 162 Å². The van der Waals surface area contributed by atoms with E-state index in [9.17, 15) is 14.4 Å². The van der Waals surface area contributed by atoms with Crippen molar-refractivity contribution in [2.24, 2.45) is 0 Å². The molecule has 0 saturated carbocycles. The number of amides is 2. The minimum absolute atomic E-state index is 0.0492. The molecule has 0 radical (unpaired) electrons. The van der Waals surface area contributed by atoms with Gasteiger partial charge in [0.25, 0.3) is 11.8 Å². The topological polar surface area (TPSA) is 88.2 Å². The van der Waals surface area contributed by atoms with Gasteiger partial charge in [-0.3, -0.25) is 14.4 Å². The van der Waals surface area contributed by atoms with Gasteiger partial charge in [0, 0.05) is 16.9 Å². The molecule has 3 aromatic rings. The van der Waals surface area contributed by atoms with Crippen LogP contribution in [0.15, 0.2) is 66.7 Å². The number of nitrogens with one attached hydrogen (secondary N) is 2. The quantitative estimate of drug-likeness (QED) is 0.659.